The molecule has 0 amide bonds. The topological polar surface area (TPSA) is 60.7 Å². The van der Waals surface area contributed by atoms with Crippen LogP contribution in [0.15, 0.2) is 0 Å². The second-order valence-electron chi connectivity index (χ2n) is 8.19. The number of aliphatic hydroxyl groups is 3. The lowest BCUT2D eigenvalue weighted by Gasteiger charge is -2.46. The maximum atomic E-state index is 10.5. The van der Waals surface area contributed by atoms with Crippen molar-refractivity contribution >= 4 is 0 Å². The molecule has 0 radical (unpaired) electrons. The highest BCUT2D eigenvalue weighted by Gasteiger charge is 2.51. The molecule has 0 rings (SSSR count). The van der Waals surface area contributed by atoms with E-state index in [0.717, 1.165) is 12.8 Å². The predicted octanol–water partition coefficient (Wildman–Crippen LogP) is 4.96. The van der Waals surface area contributed by atoms with Gasteiger partial charge >= 0.3 is 0 Å². The van der Waals surface area contributed by atoms with Gasteiger partial charge in [0, 0.05) is 0 Å². The van der Waals surface area contributed by atoms with Gasteiger partial charge in [-0.3, -0.25) is 0 Å². The third kappa shape index (κ3) is 8.51. The van der Waals surface area contributed by atoms with Crippen LogP contribution in [0.2, 0.25) is 0 Å². The zero-order chi connectivity index (χ0) is 18.0. The molecule has 3 heteroatoms. The van der Waals surface area contributed by atoms with Crippen molar-refractivity contribution in [1.82, 2.24) is 0 Å². The molecule has 0 bridgehead atoms. The summed E-state index contributed by atoms with van der Waals surface area (Å²) in [6.07, 6.45) is 14.4. The molecule has 0 spiro atoms. The first-order chi connectivity index (χ1) is 10.6. The monoisotopic (exact) mass is 330 g/mol. The summed E-state index contributed by atoms with van der Waals surface area (Å²) >= 11 is 0. The van der Waals surface area contributed by atoms with Gasteiger partial charge < -0.3 is 15.3 Å². The summed E-state index contributed by atoms with van der Waals surface area (Å²) in [5.41, 5.74) is -4.11. The Hall–Kier alpha value is -0.120. The second kappa shape index (κ2) is 10.7. The Morgan fingerprint density at radius 1 is 0.565 bits per heavy atom. The zero-order valence-electron chi connectivity index (χ0n) is 16.3. The van der Waals surface area contributed by atoms with E-state index in [-0.39, 0.29) is 0 Å². The summed E-state index contributed by atoms with van der Waals surface area (Å²) in [4.78, 5) is 0. The van der Waals surface area contributed by atoms with Crippen LogP contribution in [0.1, 0.15) is 112 Å². The lowest BCUT2D eigenvalue weighted by atomic mass is 9.72. The van der Waals surface area contributed by atoms with Gasteiger partial charge in [-0.15, -0.1) is 0 Å². The van der Waals surface area contributed by atoms with Crippen LogP contribution in [0.4, 0.5) is 0 Å². The number of hydrogen-bond acceptors (Lipinski definition) is 3. The van der Waals surface area contributed by atoms with Crippen LogP contribution in [0.25, 0.3) is 0 Å². The molecule has 3 N–H and O–H groups in total. The van der Waals surface area contributed by atoms with Crippen LogP contribution < -0.4 is 0 Å². The van der Waals surface area contributed by atoms with E-state index in [9.17, 15) is 15.3 Å². The van der Waals surface area contributed by atoms with Crippen molar-refractivity contribution in [2.24, 2.45) is 0 Å². The maximum absolute atomic E-state index is 10.5. The summed E-state index contributed by atoms with van der Waals surface area (Å²) in [6.45, 7) is 8.48. The van der Waals surface area contributed by atoms with E-state index in [1.165, 1.54) is 64.7 Å². The van der Waals surface area contributed by atoms with Crippen LogP contribution >= 0.6 is 0 Å². The molecule has 23 heavy (non-hydrogen) atoms. The van der Waals surface area contributed by atoms with Gasteiger partial charge in [-0.1, -0.05) is 77.6 Å². The fourth-order valence-electron chi connectivity index (χ4n) is 3.04. The Labute approximate surface area is 144 Å². The first-order valence-electron chi connectivity index (χ1n) is 9.73. The first-order valence-corrected chi connectivity index (χ1v) is 9.73. The molecule has 0 aliphatic rings. The van der Waals surface area contributed by atoms with Gasteiger partial charge in [0.15, 0.2) is 0 Å². The van der Waals surface area contributed by atoms with Gasteiger partial charge in [-0.05, 0) is 34.1 Å². The Morgan fingerprint density at radius 3 is 1.26 bits per heavy atom. The molecule has 2 unspecified atom stereocenters. The van der Waals surface area contributed by atoms with Crippen LogP contribution in [-0.4, -0.2) is 32.1 Å². The van der Waals surface area contributed by atoms with Crippen molar-refractivity contribution in [3.8, 4) is 0 Å². The highest BCUT2D eigenvalue weighted by molar-refractivity contribution is 5.03. The van der Waals surface area contributed by atoms with Crippen molar-refractivity contribution in [2.75, 3.05) is 0 Å². The summed E-state index contributed by atoms with van der Waals surface area (Å²) in [5.74, 6) is 0. The Kier molecular flexibility index (Phi) is 10.6. The summed E-state index contributed by atoms with van der Waals surface area (Å²) in [7, 11) is 0. The largest absolute Gasteiger partial charge is 0.387 e. The van der Waals surface area contributed by atoms with Gasteiger partial charge in [-0.25, -0.2) is 0 Å². The molecule has 0 heterocycles. The van der Waals surface area contributed by atoms with Crippen LogP contribution in [0.5, 0.6) is 0 Å². The summed E-state index contributed by atoms with van der Waals surface area (Å²) < 4.78 is 0. The maximum Gasteiger partial charge on any atom is 0.118 e. The number of unbranched alkanes of at least 4 members (excludes halogenated alkanes) is 10. The highest BCUT2D eigenvalue weighted by atomic mass is 16.4. The van der Waals surface area contributed by atoms with E-state index in [2.05, 4.69) is 6.92 Å². The third-order valence-electron chi connectivity index (χ3n) is 5.51. The smallest absolute Gasteiger partial charge is 0.118 e. The Balaban J connectivity index is 3.72. The van der Waals surface area contributed by atoms with E-state index in [1.54, 1.807) is 20.8 Å². The quantitative estimate of drug-likeness (QED) is 0.394. The first kappa shape index (κ1) is 22.9. The van der Waals surface area contributed by atoms with Crippen LogP contribution in [0.3, 0.4) is 0 Å². The van der Waals surface area contributed by atoms with Crippen molar-refractivity contribution in [1.29, 1.82) is 0 Å². The second-order valence-corrected chi connectivity index (χ2v) is 8.19. The molecule has 0 aromatic heterocycles. The lowest BCUT2D eigenvalue weighted by Crippen LogP contribution is -2.62. The standard InChI is InChI=1S/C20H42O3/c1-6-7-8-9-10-11-12-13-14-15-16-17-19(4,22)20(5,23)18(2,3)21/h21-23H,6-17H2,1-5H3. The van der Waals surface area contributed by atoms with Crippen LogP contribution in [0, 0.1) is 0 Å². The minimum atomic E-state index is -1.52. The molecular weight excluding hydrogens is 288 g/mol. The Bertz CT molecular complexity index is 290. The van der Waals surface area contributed by atoms with E-state index in [4.69, 9.17) is 0 Å². The number of hydrogen-bond donors (Lipinski definition) is 3. The molecule has 0 aromatic rings. The van der Waals surface area contributed by atoms with Crippen LogP contribution in [-0.2, 0) is 0 Å². The molecule has 0 aliphatic heterocycles. The van der Waals surface area contributed by atoms with Gasteiger partial charge in [0.05, 0.1) is 11.2 Å². The fraction of sp³-hybridized carbons (Fsp3) is 1.00. The molecule has 0 fully saturated rings. The molecule has 140 valence electrons. The minimum absolute atomic E-state index is 0.515. The van der Waals surface area contributed by atoms with Gasteiger partial charge in [-0.2, -0.15) is 0 Å². The summed E-state index contributed by atoms with van der Waals surface area (Å²) in [6, 6.07) is 0. The van der Waals surface area contributed by atoms with Gasteiger partial charge in [0.2, 0.25) is 0 Å². The van der Waals surface area contributed by atoms with E-state index < -0.39 is 16.8 Å². The molecule has 0 aliphatic carbocycles. The average Bonchev–Trinajstić information content (AvgIpc) is 2.43. The van der Waals surface area contributed by atoms with Crippen molar-refractivity contribution in [2.45, 2.75) is 128 Å². The summed E-state index contributed by atoms with van der Waals surface area (Å²) in [5, 5.41) is 31.0. The predicted molar refractivity (Wildman–Crippen MR) is 98.6 cm³/mol. The minimum Gasteiger partial charge on any atom is -0.387 e. The normalized spacial score (nSPS) is 17.7. The highest BCUT2D eigenvalue weighted by Crippen LogP contribution is 2.36. The van der Waals surface area contributed by atoms with Crippen molar-refractivity contribution in [3.05, 3.63) is 0 Å². The molecule has 0 aromatic carbocycles. The van der Waals surface area contributed by atoms with E-state index in [1.807, 2.05) is 0 Å². The van der Waals surface area contributed by atoms with E-state index in [0.29, 0.717) is 6.42 Å². The molecule has 0 saturated carbocycles. The molecule has 3 nitrogen and oxygen atoms in total. The SMILES string of the molecule is CCCCCCCCCCCCCC(C)(O)C(C)(O)C(C)(C)O. The third-order valence-corrected chi connectivity index (χ3v) is 5.51. The van der Waals surface area contributed by atoms with Crippen molar-refractivity contribution < 1.29 is 15.3 Å². The van der Waals surface area contributed by atoms with Gasteiger partial charge in [0.25, 0.3) is 0 Å². The van der Waals surface area contributed by atoms with Crippen molar-refractivity contribution in [3.63, 3.8) is 0 Å². The molecular formula is C20H42O3. The zero-order valence-corrected chi connectivity index (χ0v) is 16.3. The van der Waals surface area contributed by atoms with E-state index >= 15 is 0 Å². The molecule has 2 atom stereocenters. The van der Waals surface area contributed by atoms with Gasteiger partial charge in [0.1, 0.15) is 5.60 Å². The average molecular weight is 331 g/mol. The number of rotatable bonds is 14. The fourth-order valence-corrected chi connectivity index (χ4v) is 3.04. The lowest BCUT2D eigenvalue weighted by molar-refractivity contribution is -0.221. The Morgan fingerprint density at radius 2 is 0.913 bits per heavy atom. The molecule has 0 saturated heterocycles.